The largest absolute Gasteiger partial charge is 0.497 e. The molecule has 1 aromatic heterocycles. The van der Waals surface area contributed by atoms with Crippen LogP contribution >= 0.6 is 23.1 Å². The molecule has 19 heavy (non-hydrogen) atoms. The topological polar surface area (TPSA) is 35.2 Å². The number of methoxy groups -OCH3 is 1. The average Bonchev–Trinajstić information content (AvgIpc) is 2.91. The Balaban J connectivity index is 2.00. The number of thiophene rings is 1. The van der Waals surface area contributed by atoms with E-state index in [2.05, 4.69) is 35.4 Å². The molecular formula is C15H15NOS2. The zero-order valence-corrected chi connectivity index (χ0v) is 12.3. The van der Waals surface area contributed by atoms with Gasteiger partial charge in [0.05, 0.1) is 13.7 Å². The Kier molecular flexibility index (Phi) is 5.34. The minimum Gasteiger partial charge on any atom is -0.497 e. The average molecular weight is 289 g/mol. The van der Waals surface area contributed by atoms with E-state index in [1.54, 1.807) is 30.2 Å². The first-order valence-corrected chi connectivity index (χ1v) is 7.72. The molecule has 2 rings (SSSR count). The van der Waals surface area contributed by atoms with Crippen LogP contribution in [0.5, 0.6) is 5.75 Å². The van der Waals surface area contributed by atoms with Crippen molar-refractivity contribution >= 4 is 23.1 Å². The van der Waals surface area contributed by atoms with Crippen molar-refractivity contribution in [2.45, 2.75) is 10.6 Å². The van der Waals surface area contributed by atoms with Gasteiger partial charge in [-0.15, -0.1) is 23.1 Å². The van der Waals surface area contributed by atoms with Crippen molar-refractivity contribution < 1.29 is 4.74 Å². The highest BCUT2D eigenvalue weighted by atomic mass is 32.2. The van der Waals surface area contributed by atoms with Crippen molar-refractivity contribution in [2.75, 3.05) is 13.7 Å². The molecule has 0 saturated carbocycles. The molecule has 2 N–H and O–H groups in total. The second kappa shape index (κ2) is 7.25. The molecule has 0 fully saturated rings. The van der Waals surface area contributed by atoms with E-state index >= 15 is 0 Å². The predicted octanol–water partition coefficient (Wildman–Crippen LogP) is 3.36. The van der Waals surface area contributed by atoms with E-state index in [9.17, 15) is 0 Å². The molecule has 2 nitrogen and oxygen atoms in total. The minimum atomic E-state index is 0.404. The van der Waals surface area contributed by atoms with Crippen LogP contribution in [0.1, 0.15) is 10.4 Å². The first-order chi connectivity index (χ1) is 9.33. The van der Waals surface area contributed by atoms with Crippen LogP contribution in [0.15, 0.2) is 40.6 Å². The molecule has 0 amide bonds. The summed E-state index contributed by atoms with van der Waals surface area (Å²) in [5.74, 6) is 7.83. The van der Waals surface area contributed by atoms with Gasteiger partial charge in [-0.2, -0.15) is 0 Å². The number of nitrogens with two attached hydrogens (primary N) is 1. The SMILES string of the molecule is COc1ccc(SCc2sccc2C#CCN)cc1. The summed E-state index contributed by atoms with van der Waals surface area (Å²) in [7, 11) is 1.68. The fraction of sp³-hybridized carbons (Fsp3) is 0.200. The van der Waals surface area contributed by atoms with Crippen LogP contribution in [0.4, 0.5) is 0 Å². The molecule has 98 valence electrons. The second-order valence-corrected chi connectivity index (χ2v) is 5.78. The molecule has 0 radical (unpaired) electrons. The fourth-order valence-electron chi connectivity index (χ4n) is 1.53. The number of ether oxygens (including phenoxy) is 1. The summed E-state index contributed by atoms with van der Waals surface area (Å²) in [5, 5.41) is 2.07. The summed E-state index contributed by atoms with van der Waals surface area (Å²) in [4.78, 5) is 2.52. The zero-order valence-electron chi connectivity index (χ0n) is 10.7. The van der Waals surface area contributed by atoms with Crippen LogP contribution in [-0.4, -0.2) is 13.7 Å². The third kappa shape index (κ3) is 4.03. The zero-order chi connectivity index (χ0) is 13.5. The van der Waals surface area contributed by atoms with Crippen LogP contribution < -0.4 is 10.5 Å². The van der Waals surface area contributed by atoms with Crippen molar-refractivity contribution in [1.82, 2.24) is 0 Å². The van der Waals surface area contributed by atoms with Gasteiger partial charge in [-0.25, -0.2) is 0 Å². The van der Waals surface area contributed by atoms with Crippen molar-refractivity contribution in [3.8, 4) is 17.6 Å². The van der Waals surface area contributed by atoms with Gasteiger partial charge in [0.2, 0.25) is 0 Å². The summed E-state index contributed by atoms with van der Waals surface area (Å²) < 4.78 is 5.15. The molecular weight excluding hydrogens is 274 g/mol. The van der Waals surface area contributed by atoms with Crippen molar-refractivity contribution in [2.24, 2.45) is 5.73 Å². The molecule has 0 bridgehead atoms. The van der Waals surface area contributed by atoms with E-state index in [1.165, 1.54) is 9.77 Å². The Hall–Kier alpha value is -1.41. The molecule has 0 unspecified atom stereocenters. The molecule has 0 atom stereocenters. The molecule has 0 aliphatic heterocycles. The highest BCUT2D eigenvalue weighted by Crippen LogP contribution is 2.28. The quantitative estimate of drug-likeness (QED) is 0.692. The van der Waals surface area contributed by atoms with Crippen molar-refractivity contribution in [3.05, 3.63) is 46.2 Å². The second-order valence-electron chi connectivity index (χ2n) is 3.73. The smallest absolute Gasteiger partial charge is 0.118 e. The first kappa shape index (κ1) is 14.0. The van der Waals surface area contributed by atoms with Gasteiger partial charge in [0, 0.05) is 21.1 Å². The van der Waals surface area contributed by atoms with Gasteiger partial charge in [0.25, 0.3) is 0 Å². The molecule has 1 aromatic carbocycles. The lowest BCUT2D eigenvalue weighted by Crippen LogP contribution is -1.93. The van der Waals surface area contributed by atoms with E-state index in [-0.39, 0.29) is 0 Å². The van der Waals surface area contributed by atoms with E-state index in [1.807, 2.05) is 12.1 Å². The summed E-state index contributed by atoms with van der Waals surface area (Å²) in [6.07, 6.45) is 0. The van der Waals surface area contributed by atoms with E-state index in [0.29, 0.717) is 6.54 Å². The van der Waals surface area contributed by atoms with Crippen LogP contribution in [0.3, 0.4) is 0 Å². The Morgan fingerprint density at radius 1 is 1.26 bits per heavy atom. The van der Waals surface area contributed by atoms with Gasteiger partial charge in [-0.05, 0) is 35.7 Å². The lowest BCUT2D eigenvalue weighted by Gasteiger charge is -2.03. The Morgan fingerprint density at radius 2 is 2.05 bits per heavy atom. The molecule has 2 aromatic rings. The molecule has 0 saturated heterocycles. The number of hydrogen-bond donors (Lipinski definition) is 1. The lowest BCUT2D eigenvalue weighted by atomic mass is 10.3. The van der Waals surface area contributed by atoms with Crippen molar-refractivity contribution in [1.29, 1.82) is 0 Å². The standard InChI is InChI=1S/C15H15NOS2/c1-17-13-4-6-14(7-5-13)19-11-15-12(3-2-9-16)8-10-18-15/h4-8,10H,9,11,16H2,1H3. The fourth-order valence-corrected chi connectivity index (χ4v) is 3.38. The van der Waals surface area contributed by atoms with Gasteiger partial charge in [0.1, 0.15) is 5.75 Å². The Bertz CT molecular complexity index is 578. The highest BCUT2D eigenvalue weighted by molar-refractivity contribution is 7.98. The van der Waals surface area contributed by atoms with E-state index in [0.717, 1.165) is 17.1 Å². The highest BCUT2D eigenvalue weighted by Gasteiger charge is 2.03. The summed E-state index contributed by atoms with van der Waals surface area (Å²) >= 11 is 3.54. The Labute approximate surface area is 122 Å². The van der Waals surface area contributed by atoms with Gasteiger partial charge in [-0.3, -0.25) is 0 Å². The van der Waals surface area contributed by atoms with Crippen LogP contribution in [-0.2, 0) is 5.75 Å². The number of rotatable bonds is 4. The molecule has 1 heterocycles. The van der Waals surface area contributed by atoms with E-state index in [4.69, 9.17) is 10.5 Å². The maximum atomic E-state index is 5.40. The number of hydrogen-bond acceptors (Lipinski definition) is 4. The maximum Gasteiger partial charge on any atom is 0.118 e. The summed E-state index contributed by atoms with van der Waals surface area (Å²) in [6.45, 7) is 0.404. The van der Waals surface area contributed by atoms with Gasteiger partial charge in [0.15, 0.2) is 0 Å². The van der Waals surface area contributed by atoms with Crippen molar-refractivity contribution in [3.63, 3.8) is 0 Å². The van der Waals surface area contributed by atoms with Crippen LogP contribution in [0.2, 0.25) is 0 Å². The molecule has 0 spiro atoms. The Morgan fingerprint density at radius 3 is 2.74 bits per heavy atom. The predicted molar refractivity (Wildman–Crippen MR) is 82.8 cm³/mol. The monoisotopic (exact) mass is 289 g/mol. The molecule has 0 aliphatic carbocycles. The first-order valence-electron chi connectivity index (χ1n) is 5.85. The number of benzene rings is 1. The summed E-state index contributed by atoms with van der Waals surface area (Å²) in [5.41, 5.74) is 6.49. The minimum absolute atomic E-state index is 0.404. The maximum absolute atomic E-state index is 5.40. The normalized spacial score (nSPS) is 9.79. The lowest BCUT2D eigenvalue weighted by molar-refractivity contribution is 0.414. The third-order valence-corrected chi connectivity index (χ3v) is 4.64. The molecule has 0 aliphatic rings. The van der Waals surface area contributed by atoms with E-state index < -0.39 is 0 Å². The van der Waals surface area contributed by atoms with Gasteiger partial charge >= 0.3 is 0 Å². The van der Waals surface area contributed by atoms with Gasteiger partial charge < -0.3 is 10.5 Å². The van der Waals surface area contributed by atoms with Crippen LogP contribution in [0, 0.1) is 11.8 Å². The number of thioether (sulfide) groups is 1. The van der Waals surface area contributed by atoms with Crippen LogP contribution in [0.25, 0.3) is 0 Å². The summed E-state index contributed by atoms with van der Waals surface area (Å²) in [6, 6.07) is 10.2. The third-order valence-electron chi connectivity index (χ3n) is 2.50. The molecule has 4 heteroatoms. The van der Waals surface area contributed by atoms with Gasteiger partial charge in [-0.1, -0.05) is 11.8 Å².